The van der Waals surface area contributed by atoms with Crippen molar-refractivity contribution in [3.63, 3.8) is 0 Å². The van der Waals surface area contributed by atoms with Crippen LogP contribution in [0.5, 0.6) is 0 Å². The Balaban J connectivity index is 1.34. The topological polar surface area (TPSA) is 77.1 Å². The van der Waals surface area contributed by atoms with Gasteiger partial charge in [0.2, 0.25) is 17.7 Å². The number of nitrogens with zero attached hydrogens (tertiary/aromatic N) is 5. The van der Waals surface area contributed by atoms with E-state index in [1.807, 2.05) is 35.6 Å². The number of hydrogen-bond donors (Lipinski definition) is 0. The average molecular weight is 341 g/mol. The van der Waals surface area contributed by atoms with Gasteiger partial charge in [-0.25, -0.2) is 0 Å². The summed E-state index contributed by atoms with van der Waals surface area (Å²) in [7, 11) is 0. The van der Waals surface area contributed by atoms with E-state index in [1.54, 1.807) is 12.3 Å². The first kappa shape index (κ1) is 16.1. The lowest BCUT2D eigenvalue weighted by Gasteiger charge is -2.32. The van der Waals surface area contributed by atoms with Crippen molar-refractivity contribution >= 4 is 12.0 Å². The molecule has 1 aliphatic heterocycles. The zero-order chi connectivity index (χ0) is 17.4. The van der Waals surface area contributed by atoms with Crippen LogP contribution in [0.25, 0.3) is 6.08 Å². The zero-order valence-corrected chi connectivity index (χ0v) is 14.7. The Hall–Kier alpha value is -2.44. The molecule has 2 fully saturated rings. The largest absolute Gasteiger partial charge is 0.425 e. The molecule has 1 amide bonds. The fourth-order valence-corrected chi connectivity index (χ4v) is 3.89. The minimum absolute atomic E-state index is 0.0736. The first-order valence-electron chi connectivity index (χ1n) is 8.90. The summed E-state index contributed by atoms with van der Waals surface area (Å²) in [5.74, 6) is 1.84. The number of aromatic nitrogens is 4. The molecule has 1 unspecified atom stereocenters. The fraction of sp³-hybridized carbons (Fsp3) is 0.556. The van der Waals surface area contributed by atoms with Crippen LogP contribution in [-0.2, 0) is 11.3 Å². The highest BCUT2D eigenvalue weighted by Crippen LogP contribution is 2.64. The second kappa shape index (κ2) is 6.13. The molecule has 1 saturated carbocycles. The zero-order valence-electron chi connectivity index (χ0n) is 14.7. The second-order valence-electron chi connectivity index (χ2n) is 7.01. The van der Waals surface area contributed by atoms with Crippen LogP contribution in [0.1, 0.15) is 49.6 Å². The third kappa shape index (κ3) is 2.99. The van der Waals surface area contributed by atoms with E-state index in [-0.39, 0.29) is 11.3 Å². The summed E-state index contributed by atoms with van der Waals surface area (Å²) in [5.41, 5.74) is 1.22. The van der Waals surface area contributed by atoms with E-state index >= 15 is 0 Å². The Bertz CT molecular complexity index is 798. The van der Waals surface area contributed by atoms with Gasteiger partial charge in [-0.1, -0.05) is 0 Å². The summed E-state index contributed by atoms with van der Waals surface area (Å²) in [6, 6.07) is 1.92. The maximum Gasteiger partial charge on any atom is 0.246 e. The second-order valence-corrected chi connectivity index (χ2v) is 7.01. The summed E-state index contributed by atoms with van der Waals surface area (Å²) in [6.45, 7) is 6.24. The van der Waals surface area contributed by atoms with Gasteiger partial charge in [0.25, 0.3) is 0 Å². The van der Waals surface area contributed by atoms with Crippen LogP contribution in [0.4, 0.5) is 0 Å². The van der Waals surface area contributed by atoms with Crippen molar-refractivity contribution < 1.29 is 9.21 Å². The lowest BCUT2D eigenvalue weighted by Crippen LogP contribution is -2.38. The van der Waals surface area contributed by atoms with Gasteiger partial charge in [-0.3, -0.25) is 9.48 Å². The maximum absolute atomic E-state index is 12.4. The quantitative estimate of drug-likeness (QED) is 0.798. The third-order valence-electron chi connectivity index (χ3n) is 5.55. The third-order valence-corrected chi connectivity index (χ3v) is 5.55. The Morgan fingerprint density at radius 2 is 2.20 bits per heavy atom. The Morgan fingerprint density at radius 1 is 1.40 bits per heavy atom. The van der Waals surface area contributed by atoms with Crippen LogP contribution >= 0.6 is 0 Å². The molecule has 2 aromatic rings. The highest BCUT2D eigenvalue weighted by molar-refractivity contribution is 5.91. The number of likely N-dealkylation sites (tertiary alicyclic amines) is 1. The molecule has 1 aliphatic carbocycles. The van der Waals surface area contributed by atoms with E-state index in [9.17, 15) is 4.79 Å². The number of amides is 1. The minimum Gasteiger partial charge on any atom is -0.425 e. The SMILES string of the molecule is CCn1nccc1/C=C/C(=O)N1CCC2(CC1)CC2c1nnc(C)o1. The molecular weight excluding hydrogens is 318 g/mol. The van der Waals surface area contributed by atoms with Gasteiger partial charge in [-0.2, -0.15) is 5.10 Å². The fourth-order valence-electron chi connectivity index (χ4n) is 3.89. The van der Waals surface area contributed by atoms with Gasteiger partial charge >= 0.3 is 0 Å². The van der Waals surface area contributed by atoms with Crippen molar-refractivity contribution in [3.05, 3.63) is 35.8 Å². The van der Waals surface area contributed by atoms with E-state index < -0.39 is 0 Å². The predicted octanol–water partition coefficient (Wildman–Crippen LogP) is 2.40. The van der Waals surface area contributed by atoms with Gasteiger partial charge < -0.3 is 9.32 Å². The minimum atomic E-state index is 0.0736. The van der Waals surface area contributed by atoms with Crippen molar-refractivity contribution in [1.29, 1.82) is 0 Å². The molecule has 1 atom stereocenters. The number of hydrogen-bond acceptors (Lipinski definition) is 5. The van der Waals surface area contributed by atoms with Crippen molar-refractivity contribution in [2.75, 3.05) is 13.1 Å². The van der Waals surface area contributed by atoms with E-state index in [4.69, 9.17) is 4.42 Å². The molecule has 1 saturated heterocycles. The van der Waals surface area contributed by atoms with Crippen LogP contribution in [0.15, 0.2) is 22.8 Å². The molecule has 0 aromatic carbocycles. The van der Waals surface area contributed by atoms with E-state index in [1.165, 1.54) is 0 Å². The smallest absolute Gasteiger partial charge is 0.246 e. The van der Waals surface area contributed by atoms with Gasteiger partial charge in [-0.15, -0.1) is 10.2 Å². The van der Waals surface area contributed by atoms with Crippen LogP contribution in [0.3, 0.4) is 0 Å². The predicted molar refractivity (Wildman–Crippen MR) is 91.6 cm³/mol. The van der Waals surface area contributed by atoms with Crippen LogP contribution < -0.4 is 0 Å². The van der Waals surface area contributed by atoms with Crippen LogP contribution in [0, 0.1) is 12.3 Å². The first-order chi connectivity index (χ1) is 12.1. The Kier molecular flexibility index (Phi) is 3.94. The van der Waals surface area contributed by atoms with Crippen LogP contribution in [0.2, 0.25) is 0 Å². The standard InChI is InChI=1S/C18H23N5O2/c1-3-23-14(6-9-19-23)4-5-16(24)22-10-7-18(8-11-22)12-15(18)17-21-20-13(2)25-17/h4-6,9,15H,3,7-8,10-12H2,1-2H3/b5-4+. The van der Waals surface area contributed by atoms with Crippen molar-refractivity contribution in [2.45, 2.75) is 45.6 Å². The van der Waals surface area contributed by atoms with Gasteiger partial charge in [0.05, 0.1) is 5.69 Å². The maximum atomic E-state index is 12.4. The Morgan fingerprint density at radius 3 is 2.88 bits per heavy atom. The molecule has 25 heavy (non-hydrogen) atoms. The molecule has 0 radical (unpaired) electrons. The van der Waals surface area contributed by atoms with Gasteiger partial charge in [-0.05, 0) is 43.7 Å². The van der Waals surface area contributed by atoms with E-state index in [0.29, 0.717) is 11.8 Å². The monoisotopic (exact) mass is 341 g/mol. The first-order valence-corrected chi connectivity index (χ1v) is 8.90. The molecule has 0 bridgehead atoms. The number of carbonyl (C=O) groups is 1. The van der Waals surface area contributed by atoms with Gasteiger partial charge in [0, 0.05) is 44.7 Å². The number of piperidine rings is 1. The lowest BCUT2D eigenvalue weighted by atomic mass is 9.90. The normalized spacial score (nSPS) is 22.0. The molecule has 132 valence electrons. The Labute approximate surface area is 146 Å². The van der Waals surface area contributed by atoms with E-state index in [0.717, 1.165) is 50.5 Å². The lowest BCUT2D eigenvalue weighted by molar-refractivity contribution is -0.127. The average Bonchev–Trinajstić information content (AvgIpc) is 2.98. The number of carbonyl (C=O) groups excluding carboxylic acids is 1. The van der Waals surface area contributed by atoms with Crippen molar-refractivity contribution in [3.8, 4) is 0 Å². The molecule has 4 rings (SSSR count). The molecule has 2 aliphatic rings. The van der Waals surface area contributed by atoms with E-state index in [2.05, 4.69) is 15.3 Å². The van der Waals surface area contributed by atoms with Crippen molar-refractivity contribution in [2.24, 2.45) is 5.41 Å². The summed E-state index contributed by atoms with van der Waals surface area (Å²) in [6.07, 6.45) is 8.38. The van der Waals surface area contributed by atoms with Crippen LogP contribution in [-0.4, -0.2) is 43.9 Å². The van der Waals surface area contributed by atoms with Gasteiger partial charge in [0.1, 0.15) is 0 Å². The molecule has 3 heterocycles. The number of rotatable bonds is 4. The molecule has 1 spiro atoms. The molecular formula is C18H23N5O2. The summed E-state index contributed by atoms with van der Waals surface area (Å²) >= 11 is 0. The van der Waals surface area contributed by atoms with Gasteiger partial charge in [0.15, 0.2) is 0 Å². The molecule has 0 N–H and O–H groups in total. The summed E-state index contributed by atoms with van der Waals surface area (Å²) < 4.78 is 7.46. The highest BCUT2D eigenvalue weighted by atomic mass is 16.4. The molecule has 2 aromatic heterocycles. The summed E-state index contributed by atoms with van der Waals surface area (Å²) in [4.78, 5) is 14.4. The number of aryl methyl sites for hydroxylation is 2. The molecule has 7 heteroatoms. The van der Waals surface area contributed by atoms with Crippen molar-refractivity contribution in [1.82, 2.24) is 24.9 Å². The summed E-state index contributed by atoms with van der Waals surface area (Å²) in [5, 5.41) is 12.3. The molecule has 7 nitrogen and oxygen atoms in total. The highest BCUT2D eigenvalue weighted by Gasteiger charge is 2.58.